The highest BCUT2D eigenvalue weighted by Gasteiger charge is 2.15. The second-order valence-electron chi connectivity index (χ2n) is 5.54. The van der Waals surface area contributed by atoms with Gasteiger partial charge in [-0.15, -0.1) is 0 Å². The SMILES string of the molecule is O=C(Nc1ccccc1-c1nc2ccccc2c(=O)o1)c1ccccn1. The van der Waals surface area contributed by atoms with Gasteiger partial charge in [0, 0.05) is 6.20 Å². The van der Waals surface area contributed by atoms with E-state index in [4.69, 9.17) is 4.42 Å². The van der Waals surface area contributed by atoms with Crippen LogP contribution >= 0.6 is 0 Å². The predicted molar refractivity (Wildman–Crippen MR) is 97.9 cm³/mol. The number of fused-ring (bicyclic) bond motifs is 1. The number of aromatic nitrogens is 2. The van der Waals surface area contributed by atoms with Crippen LogP contribution < -0.4 is 10.9 Å². The molecule has 0 aliphatic heterocycles. The molecule has 4 aromatic rings. The number of para-hydroxylation sites is 2. The van der Waals surface area contributed by atoms with Crippen LogP contribution in [0.1, 0.15) is 10.5 Å². The van der Waals surface area contributed by atoms with E-state index in [2.05, 4.69) is 15.3 Å². The number of anilines is 1. The standard InChI is InChI=1S/C20H13N3O3/c24-18(17-11-5-6-12-21-17)22-15-9-3-1-7-13(15)19-23-16-10-4-2-8-14(16)20(25)26-19/h1-12H,(H,22,24). The summed E-state index contributed by atoms with van der Waals surface area (Å²) in [7, 11) is 0. The number of carbonyl (C=O) groups is 1. The first kappa shape index (κ1) is 15.7. The number of hydrogen-bond donors (Lipinski definition) is 1. The molecule has 0 aliphatic carbocycles. The first-order valence-electron chi connectivity index (χ1n) is 7.94. The highest BCUT2D eigenvalue weighted by molar-refractivity contribution is 6.04. The zero-order valence-corrected chi connectivity index (χ0v) is 13.5. The van der Waals surface area contributed by atoms with Gasteiger partial charge in [-0.3, -0.25) is 9.78 Å². The largest absolute Gasteiger partial charge is 0.403 e. The fourth-order valence-corrected chi connectivity index (χ4v) is 2.60. The highest BCUT2D eigenvalue weighted by atomic mass is 16.4. The normalized spacial score (nSPS) is 10.6. The first-order chi connectivity index (χ1) is 12.7. The number of rotatable bonds is 3. The lowest BCUT2D eigenvalue weighted by Gasteiger charge is -2.09. The Labute approximate surface area is 148 Å². The Balaban J connectivity index is 1.77. The van der Waals surface area contributed by atoms with E-state index in [0.29, 0.717) is 22.2 Å². The summed E-state index contributed by atoms with van der Waals surface area (Å²) in [5.41, 5.74) is 1.34. The molecule has 6 nitrogen and oxygen atoms in total. The van der Waals surface area contributed by atoms with Crippen LogP contribution in [0.2, 0.25) is 0 Å². The zero-order valence-electron chi connectivity index (χ0n) is 13.5. The molecule has 26 heavy (non-hydrogen) atoms. The molecule has 4 rings (SSSR count). The number of pyridine rings is 1. The molecule has 1 N–H and O–H groups in total. The molecule has 2 aromatic carbocycles. The maximum atomic E-state index is 12.4. The van der Waals surface area contributed by atoms with E-state index in [1.165, 1.54) is 0 Å². The van der Waals surface area contributed by atoms with Crippen molar-refractivity contribution in [1.29, 1.82) is 0 Å². The third kappa shape index (κ3) is 2.95. The van der Waals surface area contributed by atoms with Crippen molar-refractivity contribution in [2.24, 2.45) is 0 Å². The van der Waals surface area contributed by atoms with Crippen molar-refractivity contribution in [3.05, 3.63) is 89.0 Å². The minimum atomic E-state index is -0.476. The van der Waals surface area contributed by atoms with Crippen molar-refractivity contribution < 1.29 is 9.21 Å². The summed E-state index contributed by atoms with van der Waals surface area (Å²) >= 11 is 0. The molecule has 126 valence electrons. The molecule has 6 heteroatoms. The van der Waals surface area contributed by atoms with Crippen molar-refractivity contribution >= 4 is 22.5 Å². The molecule has 0 radical (unpaired) electrons. The maximum Gasteiger partial charge on any atom is 0.347 e. The lowest BCUT2D eigenvalue weighted by molar-refractivity contribution is 0.102. The molecule has 0 unspecified atom stereocenters. The summed E-state index contributed by atoms with van der Waals surface area (Å²) in [5.74, 6) is -0.216. The van der Waals surface area contributed by atoms with Gasteiger partial charge < -0.3 is 9.73 Å². The molecule has 0 aliphatic rings. The summed E-state index contributed by atoms with van der Waals surface area (Å²) in [6.45, 7) is 0. The van der Waals surface area contributed by atoms with E-state index in [9.17, 15) is 9.59 Å². The van der Waals surface area contributed by atoms with Gasteiger partial charge in [0.15, 0.2) is 0 Å². The molecule has 0 atom stereocenters. The van der Waals surface area contributed by atoms with E-state index in [-0.39, 0.29) is 17.5 Å². The van der Waals surface area contributed by atoms with E-state index in [1.807, 2.05) is 0 Å². The van der Waals surface area contributed by atoms with E-state index < -0.39 is 5.63 Å². The summed E-state index contributed by atoms with van der Waals surface area (Å²) in [6.07, 6.45) is 1.55. The number of nitrogens with one attached hydrogen (secondary N) is 1. The Kier molecular flexibility index (Phi) is 3.99. The minimum Gasteiger partial charge on any atom is -0.403 e. The smallest absolute Gasteiger partial charge is 0.347 e. The van der Waals surface area contributed by atoms with Crippen molar-refractivity contribution in [3.8, 4) is 11.5 Å². The average Bonchev–Trinajstić information content (AvgIpc) is 2.69. The van der Waals surface area contributed by atoms with Crippen LogP contribution in [-0.2, 0) is 0 Å². The second kappa shape index (κ2) is 6.60. The van der Waals surface area contributed by atoms with Gasteiger partial charge in [0.05, 0.1) is 22.2 Å². The summed E-state index contributed by atoms with van der Waals surface area (Å²) < 4.78 is 5.37. The van der Waals surface area contributed by atoms with Crippen LogP contribution in [0.3, 0.4) is 0 Å². The first-order valence-corrected chi connectivity index (χ1v) is 7.94. The third-order valence-electron chi connectivity index (χ3n) is 3.84. The third-order valence-corrected chi connectivity index (χ3v) is 3.84. The van der Waals surface area contributed by atoms with Crippen LogP contribution in [0.5, 0.6) is 0 Å². The maximum absolute atomic E-state index is 12.4. The van der Waals surface area contributed by atoms with Crippen LogP contribution in [0.4, 0.5) is 5.69 Å². The van der Waals surface area contributed by atoms with E-state index in [0.717, 1.165) is 0 Å². The Morgan fingerprint density at radius 2 is 1.69 bits per heavy atom. The molecule has 2 aromatic heterocycles. The Bertz CT molecular complexity index is 1150. The second-order valence-corrected chi connectivity index (χ2v) is 5.54. The topological polar surface area (TPSA) is 85.1 Å². The van der Waals surface area contributed by atoms with Gasteiger partial charge in [0.1, 0.15) is 5.69 Å². The van der Waals surface area contributed by atoms with E-state index >= 15 is 0 Å². The number of nitrogens with zero attached hydrogens (tertiary/aromatic N) is 2. The Morgan fingerprint density at radius 1 is 0.923 bits per heavy atom. The number of carbonyl (C=O) groups excluding carboxylic acids is 1. The van der Waals surface area contributed by atoms with Crippen molar-refractivity contribution in [3.63, 3.8) is 0 Å². The van der Waals surface area contributed by atoms with Gasteiger partial charge >= 0.3 is 5.63 Å². The van der Waals surface area contributed by atoms with Gasteiger partial charge in [-0.2, -0.15) is 0 Å². The number of hydrogen-bond acceptors (Lipinski definition) is 5. The molecular formula is C20H13N3O3. The van der Waals surface area contributed by atoms with Crippen molar-refractivity contribution in [2.45, 2.75) is 0 Å². The zero-order chi connectivity index (χ0) is 17.9. The monoisotopic (exact) mass is 343 g/mol. The molecule has 0 saturated carbocycles. The van der Waals surface area contributed by atoms with Crippen LogP contribution in [0, 0.1) is 0 Å². The quantitative estimate of drug-likeness (QED) is 0.615. The lowest BCUT2D eigenvalue weighted by Crippen LogP contribution is -2.14. The summed E-state index contributed by atoms with van der Waals surface area (Å²) in [6, 6.07) is 19.0. The van der Waals surface area contributed by atoms with Crippen LogP contribution in [-0.4, -0.2) is 15.9 Å². The Morgan fingerprint density at radius 3 is 2.54 bits per heavy atom. The average molecular weight is 343 g/mol. The van der Waals surface area contributed by atoms with Gasteiger partial charge in [-0.25, -0.2) is 9.78 Å². The highest BCUT2D eigenvalue weighted by Crippen LogP contribution is 2.27. The molecule has 2 heterocycles. The lowest BCUT2D eigenvalue weighted by atomic mass is 10.1. The van der Waals surface area contributed by atoms with Gasteiger partial charge in [-0.05, 0) is 36.4 Å². The molecule has 0 spiro atoms. The molecule has 0 bridgehead atoms. The molecule has 0 fully saturated rings. The van der Waals surface area contributed by atoms with Gasteiger partial charge in [0.2, 0.25) is 5.89 Å². The molecule has 0 saturated heterocycles. The number of benzene rings is 2. The summed E-state index contributed by atoms with van der Waals surface area (Å²) in [4.78, 5) is 33.1. The fraction of sp³-hybridized carbons (Fsp3) is 0. The predicted octanol–water partition coefficient (Wildman–Crippen LogP) is 3.50. The minimum absolute atomic E-state index is 0.144. The van der Waals surface area contributed by atoms with Crippen molar-refractivity contribution in [2.75, 3.05) is 5.32 Å². The number of amides is 1. The van der Waals surface area contributed by atoms with Crippen LogP contribution in [0.15, 0.2) is 82.1 Å². The van der Waals surface area contributed by atoms with Gasteiger partial charge in [-0.1, -0.05) is 30.3 Å². The van der Waals surface area contributed by atoms with Gasteiger partial charge in [0.25, 0.3) is 5.91 Å². The van der Waals surface area contributed by atoms with Crippen molar-refractivity contribution in [1.82, 2.24) is 9.97 Å². The molecule has 1 amide bonds. The van der Waals surface area contributed by atoms with Crippen LogP contribution in [0.25, 0.3) is 22.4 Å². The Hall–Kier alpha value is -3.80. The van der Waals surface area contributed by atoms with E-state index in [1.54, 1.807) is 72.9 Å². The fourth-order valence-electron chi connectivity index (χ4n) is 2.60. The molecular weight excluding hydrogens is 330 g/mol. The summed E-state index contributed by atoms with van der Waals surface area (Å²) in [5, 5.41) is 3.20.